The fraction of sp³-hybridized carbons (Fsp3) is 0.500. The third-order valence-electron chi connectivity index (χ3n) is 4.38. The minimum atomic E-state index is 0.227. The minimum Gasteiger partial charge on any atom is -0.305 e. The van der Waals surface area contributed by atoms with Gasteiger partial charge in [0.05, 0.1) is 16.7 Å². The van der Waals surface area contributed by atoms with Gasteiger partial charge in [-0.3, -0.25) is 0 Å². The Kier molecular flexibility index (Phi) is 4.71. The van der Waals surface area contributed by atoms with E-state index < -0.39 is 0 Å². The van der Waals surface area contributed by atoms with Gasteiger partial charge in [0.2, 0.25) is 0 Å². The van der Waals surface area contributed by atoms with Crippen molar-refractivity contribution >= 4 is 11.3 Å². The van der Waals surface area contributed by atoms with Crippen LogP contribution in [0.25, 0.3) is 0 Å². The van der Waals surface area contributed by atoms with Gasteiger partial charge in [0, 0.05) is 5.38 Å². The number of benzene rings is 1. The maximum atomic E-state index is 4.68. The Morgan fingerprint density at radius 3 is 2.57 bits per heavy atom. The fourth-order valence-corrected chi connectivity index (χ4v) is 3.54. The Hall–Kier alpha value is -1.19. The molecule has 1 fully saturated rings. The molecule has 2 nitrogen and oxygen atoms in total. The first-order valence-corrected chi connectivity index (χ1v) is 8.91. The molecule has 1 N–H and O–H groups in total. The number of aryl methyl sites for hydroxylation is 1. The first-order valence-electron chi connectivity index (χ1n) is 8.03. The number of nitrogens with zero attached hydrogens (tertiary/aromatic N) is 1. The second kappa shape index (κ2) is 6.71. The molecule has 0 bridgehead atoms. The highest BCUT2D eigenvalue weighted by atomic mass is 32.1. The molecule has 1 saturated carbocycles. The van der Waals surface area contributed by atoms with Crippen LogP contribution in [0, 0.1) is 6.92 Å². The molecule has 0 amide bonds. The molecule has 2 aromatic rings. The first-order chi connectivity index (χ1) is 10.3. The third-order valence-corrected chi connectivity index (χ3v) is 5.17. The molecule has 1 aromatic heterocycles. The first kappa shape index (κ1) is 14.7. The van der Waals surface area contributed by atoms with E-state index in [0.717, 1.165) is 29.6 Å². The van der Waals surface area contributed by atoms with Crippen molar-refractivity contribution in [2.75, 3.05) is 6.54 Å². The largest absolute Gasteiger partial charge is 0.305 e. The van der Waals surface area contributed by atoms with E-state index in [0.29, 0.717) is 0 Å². The van der Waals surface area contributed by atoms with Crippen molar-refractivity contribution in [3.8, 4) is 0 Å². The van der Waals surface area contributed by atoms with Crippen LogP contribution in [-0.4, -0.2) is 11.5 Å². The number of hydrogen-bond acceptors (Lipinski definition) is 3. The molecule has 1 aliphatic rings. The Morgan fingerprint density at radius 2 is 2.05 bits per heavy atom. The zero-order valence-electron chi connectivity index (χ0n) is 12.9. The van der Waals surface area contributed by atoms with Crippen molar-refractivity contribution in [1.29, 1.82) is 0 Å². The molecule has 1 aromatic carbocycles. The highest BCUT2D eigenvalue weighted by Crippen LogP contribution is 2.36. The molecule has 21 heavy (non-hydrogen) atoms. The van der Waals surface area contributed by atoms with E-state index in [1.807, 2.05) is 0 Å². The van der Waals surface area contributed by atoms with Crippen molar-refractivity contribution in [3.05, 3.63) is 51.5 Å². The van der Waals surface area contributed by atoms with E-state index in [1.165, 1.54) is 30.4 Å². The van der Waals surface area contributed by atoms with Gasteiger partial charge in [-0.05, 0) is 49.8 Å². The van der Waals surface area contributed by atoms with Crippen molar-refractivity contribution in [3.63, 3.8) is 0 Å². The Labute approximate surface area is 131 Å². The highest BCUT2D eigenvalue weighted by Gasteiger charge is 2.20. The van der Waals surface area contributed by atoms with Crippen LogP contribution in [0.15, 0.2) is 29.6 Å². The maximum absolute atomic E-state index is 4.68. The molecule has 1 unspecified atom stereocenters. The van der Waals surface area contributed by atoms with E-state index in [2.05, 4.69) is 53.8 Å². The second-order valence-corrected chi connectivity index (χ2v) is 7.04. The summed E-state index contributed by atoms with van der Waals surface area (Å²) in [4.78, 5) is 4.68. The van der Waals surface area contributed by atoms with Crippen LogP contribution in [0.4, 0.5) is 0 Å². The number of thiazole rings is 1. The number of aromatic nitrogens is 1. The van der Waals surface area contributed by atoms with Crippen LogP contribution in [-0.2, 0) is 0 Å². The van der Waals surface area contributed by atoms with Crippen LogP contribution in [0.5, 0.6) is 0 Å². The topological polar surface area (TPSA) is 24.9 Å². The van der Waals surface area contributed by atoms with E-state index >= 15 is 0 Å². The molecule has 1 atom stereocenters. The molecule has 3 heteroatoms. The normalized spacial score (nSPS) is 16.7. The predicted octanol–water partition coefficient (Wildman–Crippen LogP) is 4.81. The summed E-state index contributed by atoms with van der Waals surface area (Å²) in [5.74, 6) is 0.808. The standard InChI is InChI=1S/C18H24N2S/c1-3-11-19-18(17-12-21-13(2)20-17)16-9-7-15(8-10-16)14-5-4-6-14/h7-10,12,14,18-19H,3-6,11H2,1-2H3. The summed E-state index contributed by atoms with van der Waals surface area (Å²) in [7, 11) is 0. The molecule has 0 aliphatic heterocycles. The van der Waals surface area contributed by atoms with Gasteiger partial charge < -0.3 is 5.32 Å². The second-order valence-electron chi connectivity index (χ2n) is 5.97. The lowest BCUT2D eigenvalue weighted by Gasteiger charge is -2.26. The number of hydrogen-bond donors (Lipinski definition) is 1. The van der Waals surface area contributed by atoms with E-state index in [9.17, 15) is 0 Å². The summed E-state index contributed by atoms with van der Waals surface area (Å²) in [5, 5.41) is 6.96. The summed E-state index contributed by atoms with van der Waals surface area (Å²) < 4.78 is 0. The van der Waals surface area contributed by atoms with Gasteiger partial charge in [0.15, 0.2) is 0 Å². The molecule has 1 heterocycles. The predicted molar refractivity (Wildman–Crippen MR) is 90.0 cm³/mol. The average molecular weight is 300 g/mol. The summed E-state index contributed by atoms with van der Waals surface area (Å²) in [5.41, 5.74) is 3.99. The molecular weight excluding hydrogens is 276 g/mol. The fourth-order valence-electron chi connectivity index (χ4n) is 2.90. The van der Waals surface area contributed by atoms with Gasteiger partial charge in [-0.25, -0.2) is 4.98 Å². The molecule has 0 spiro atoms. The molecule has 3 rings (SSSR count). The third kappa shape index (κ3) is 3.35. The summed E-state index contributed by atoms with van der Waals surface area (Å²) in [6.07, 6.45) is 5.26. The van der Waals surface area contributed by atoms with Gasteiger partial charge in [0.25, 0.3) is 0 Å². The smallest absolute Gasteiger partial charge is 0.0898 e. The van der Waals surface area contributed by atoms with Crippen LogP contribution in [0.3, 0.4) is 0 Å². The lowest BCUT2D eigenvalue weighted by molar-refractivity contribution is 0.419. The van der Waals surface area contributed by atoms with E-state index in [4.69, 9.17) is 0 Å². The van der Waals surface area contributed by atoms with Gasteiger partial charge >= 0.3 is 0 Å². The summed E-state index contributed by atoms with van der Waals surface area (Å²) in [6.45, 7) is 5.30. The number of nitrogens with one attached hydrogen (secondary N) is 1. The van der Waals surface area contributed by atoms with Crippen molar-refractivity contribution in [2.45, 2.75) is 51.5 Å². The zero-order chi connectivity index (χ0) is 14.7. The van der Waals surface area contributed by atoms with Gasteiger partial charge in [-0.15, -0.1) is 11.3 Å². The Bertz CT molecular complexity index is 569. The quantitative estimate of drug-likeness (QED) is 0.828. The lowest BCUT2D eigenvalue weighted by atomic mass is 9.80. The van der Waals surface area contributed by atoms with Gasteiger partial charge in [-0.2, -0.15) is 0 Å². The zero-order valence-corrected chi connectivity index (χ0v) is 13.7. The summed E-state index contributed by atoms with van der Waals surface area (Å²) in [6, 6.07) is 9.44. The molecule has 0 radical (unpaired) electrons. The lowest BCUT2D eigenvalue weighted by Crippen LogP contribution is -2.23. The minimum absolute atomic E-state index is 0.227. The SMILES string of the molecule is CCCNC(c1ccc(C2CCC2)cc1)c1csc(C)n1. The van der Waals surface area contributed by atoms with Crippen LogP contribution in [0.2, 0.25) is 0 Å². The van der Waals surface area contributed by atoms with Crippen LogP contribution >= 0.6 is 11.3 Å². The van der Waals surface area contributed by atoms with E-state index in [1.54, 1.807) is 11.3 Å². The Balaban J connectivity index is 1.81. The van der Waals surface area contributed by atoms with Gasteiger partial charge in [0.1, 0.15) is 0 Å². The van der Waals surface area contributed by atoms with E-state index in [-0.39, 0.29) is 6.04 Å². The van der Waals surface area contributed by atoms with Crippen molar-refractivity contribution in [2.24, 2.45) is 0 Å². The number of rotatable bonds is 6. The molecule has 112 valence electrons. The monoisotopic (exact) mass is 300 g/mol. The average Bonchev–Trinajstić information content (AvgIpc) is 2.85. The summed E-state index contributed by atoms with van der Waals surface area (Å²) >= 11 is 1.73. The molecular formula is C18H24N2S. The maximum Gasteiger partial charge on any atom is 0.0898 e. The van der Waals surface area contributed by atoms with Crippen LogP contribution in [0.1, 0.15) is 66.4 Å². The van der Waals surface area contributed by atoms with Crippen molar-refractivity contribution in [1.82, 2.24) is 10.3 Å². The van der Waals surface area contributed by atoms with Crippen LogP contribution < -0.4 is 5.32 Å². The Morgan fingerprint density at radius 1 is 1.29 bits per heavy atom. The highest BCUT2D eigenvalue weighted by molar-refractivity contribution is 7.09. The van der Waals surface area contributed by atoms with Gasteiger partial charge in [-0.1, -0.05) is 37.6 Å². The molecule has 1 aliphatic carbocycles. The van der Waals surface area contributed by atoms with Crippen molar-refractivity contribution < 1.29 is 0 Å². The molecule has 0 saturated heterocycles.